The minimum Gasteiger partial charge on any atom is -0.392 e. The number of benzene rings is 1. The van der Waals surface area contributed by atoms with Gasteiger partial charge >= 0.3 is 0 Å². The molecule has 3 heteroatoms. The number of unbranched alkanes of at least 4 members (excludes halogenated alkanes) is 1. The topological polar surface area (TPSA) is 36.0 Å². The average molecular weight is 289 g/mol. The van der Waals surface area contributed by atoms with Gasteiger partial charge in [-0.15, -0.1) is 0 Å². The van der Waals surface area contributed by atoms with E-state index in [-0.39, 0.29) is 12.4 Å². The fourth-order valence-corrected chi connectivity index (χ4v) is 2.97. The summed E-state index contributed by atoms with van der Waals surface area (Å²) >= 11 is 0. The van der Waals surface area contributed by atoms with Gasteiger partial charge in [-0.05, 0) is 43.9 Å². The van der Waals surface area contributed by atoms with E-state index in [1.807, 2.05) is 13.0 Å². The lowest BCUT2D eigenvalue weighted by molar-refractivity contribution is 0.282. The van der Waals surface area contributed by atoms with Gasteiger partial charge in [-0.25, -0.2) is 4.39 Å². The fourth-order valence-electron chi connectivity index (χ4n) is 2.97. The summed E-state index contributed by atoms with van der Waals surface area (Å²) in [7, 11) is 0. The van der Waals surface area contributed by atoms with E-state index in [1.165, 1.54) is 11.6 Å². The smallest absolute Gasteiger partial charge is 0.131 e. The van der Waals surface area contributed by atoms with Crippen molar-refractivity contribution in [1.29, 1.82) is 0 Å². The minimum absolute atomic E-state index is 0.159. The second-order valence-corrected chi connectivity index (χ2v) is 5.50. The van der Waals surface area contributed by atoms with Crippen LogP contribution in [0, 0.1) is 5.82 Å². The van der Waals surface area contributed by atoms with Gasteiger partial charge in [0.2, 0.25) is 0 Å². The van der Waals surface area contributed by atoms with E-state index in [2.05, 4.69) is 18.8 Å². The molecule has 0 aliphatic heterocycles. The highest BCUT2D eigenvalue weighted by molar-refractivity contribution is 5.94. The van der Waals surface area contributed by atoms with Crippen LogP contribution in [0.4, 0.5) is 4.39 Å². The monoisotopic (exact) mass is 289 g/mol. The molecule has 0 atom stereocenters. The summed E-state index contributed by atoms with van der Waals surface area (Å²) in [6, 6.07) is 3.34. The molecule has 1 heterocycles. The highest BCUT2D eigenvalue weighted by Gasteiger charge is 2.16. The van der Waals surface area contributed by atoms with E-state index in [0.717, 1.165) is 42.2 Å². The van der Waals surface area contributed by atoms with Crippen molar-refractivity contribution in [2.24, 2.45) is 0 Å². The van der Waals surface area contributed by atoms with E-state index in [9.17, 15) is 9.50 Å². The fraction of sp³-hybridized carbons (Fsp3) is 0.444. The van der Waals surface area contributed by atoms with Crippen LogP contribution in [0.2, 0.25) is 0 Å². The quantitative estimate of drug-likeness (QED) is 0.756. The van der Waals surface area contributed by atoms with Crippen LogP contribution in [0.15, 0.2) is 23.9 Å². The van der Waals surface area contributed by atoms with Gasteiger partial charge in [0.05, 0.1) is 12.1 Å². The standard InChI is InChI=1S/C18H24FNO/c1-4-6-7-13(5-2)12(3)17-15-8-9-20-18(15)14(11-21)10-16(17)19/h8-10,20-21H,4-7,11H2,1-3H3/b13-12+. The van der Waals surface area contributed by atoms with Gasteiger partial charge in [0, 0.05) is 22.7 Å². The van der Waals surface area contributed by atoms with Crippen LogP contribution < -0.4 is 0 Å². The van der Waals surface area contributed by atoms with Crippen molar-refractivity contribution in [1.82, 2.24) is 4.98 Å². The minimum atomic E-state index is -0.244. The van der Waals surface area contributed by atoms with Gasteiger partial charge in [-0.1, -0.05) is 25.8 Å². The van der Waals surface area contributed by atoms with Crippen molar-refractivity contribution in [3.05, 3.63) is 40.8 Å². The van der Waals surface area contributed by atoms with Crippen molar-refractivity contribution >= 4 is 16.5 Å². The SMILES string of the molecule is CCCC/C(CC)=C(\C)c1c(F)cc(CO)c2[nH]ccc12. The zero-order valence-electron chi connectivity index (χ0n) is 13.1. The third kappa shape index (κ3) is 3.03. The first kappa shape index (κ1) is 15.8. The van der Waals surface area contributed by atoms with E-state index < -0.39 is 0 Å². The summed E-state index contributed by atoms with van der Waals surface area (Å²) < 4.78 is 14.6. The first-order valence-electron chi connectivity index (χ1n) is 7.72. The summed E-state index contributed by atoms with van der Waals surface area (Å²) in [6.07, 6.45) is 6.04. The van der Waals surface area contributed by atoms with E-state index >= 15 is 0 Å². The number of aromatic amines is 1. The molecule has 0 saturated carbocycles. The number of aliphatic hydroxyl groups excluding tert-OH is 1. The van der Waals surface area contributed by atoms with Crippen LogP contribution in [-0.4, -0.2) is 10.1 Å². The van der Waals surface area contributed by atoms with Crippen molar-refractivity contribution in [3.8, 4) is 0 Å². The van der Waals surface area contributed by atoms with E-state index in [4.69, 9.17) is 0 Å². The Balaban J connectivity index is 2.62. The maximum Gasteiger partial charge on any atom is 0.131 e. The van der Waals surface area contributed by atoms with Gasteiger partial charge in [0.15, 0.2) is 0 Å². The van der Waals surface area contributed by atoms with Crippen molar-refractivity contribution in [3.63, 3.8) is 0 Å². The third-order valence-corrected chi connectivity index (χ3v) is 4.21. The maximum absolute atomic E-state index is 14.6. The molecule has 21 heavy (non-hydrogen) atoms. The number of fused-ring (bicyclic) bond motifs is 1. The van der Waals surface area contributed by atoms with E-state index in [0.29, 0.717) is 11.1 Å². The van der Waals surface area contributed by atoms with Crippen molar-refractivity contribution in [2.75, 3.05) is 0 Å². The molecule has 1 aromatic carbocycles. The Labute approximate surface area is 125 Å². The number of hydrogen-bond acceptors (Lipinski definition) is 1. The molecule has 0 saturated heterocycles. The number of aromatic nitrogens is 1. The predicted molar refractivity (Wildman–Crippen MR) is 86.6 cm³/mol. The lowest BCUT2D eigenvalue weighted by Crippen LogP contribution is -1.97. The molecule has 0 unspecified atom stereocenters. The Hall–Kier alpha value is -1.61. The molecular formula is C18H24FNO. The highest BCUT2D eigenvalue weighted by atomic mass is 19.1. The Bertz CT molecular complexity index is 655. The molecule has 0 aliphatic rings. The normalized spacial score (nSPS) is 12.8. The Kier molecular flexibility index (Phi) is 5.18. The Morgan fingerprint density at radius 1 is 1.33 bits per heavy atom. The molecule has 1 aromatic heterocycles. The summed E-state index contributed by atoms with van der Waals surface area (Å²) in [4.78, 5) is 3.11. The van der Waals surface area contributed by atoms with Crippen LogP contribution in [0.5, 0.6) is 0 Å². The molecular weight excluding hydrogens is 265 g/mol. The molecule has 0 spiro atoms. The predicted octanol–water partition coefficient (Wildman–Crippen LogP) is 5.17. The second-order valence-electron chi connectivity index (χ2n) is 5.50. The summed E-state index contributed by atoms with van der Waals surface area (Å²) in [6.45, 7) is 6.15. The summed E-state index contributed by atoms with van der Waals surface area (Å²) in [5.41, 5.74) is 4.47. The van der Waals surface area contributed by atoms with Crippen LogP contribution in [-0.2, 0) is 6.61 Å². The molecule has 2 nitrogen and oxygen atoms in total. The second kappa shape index (κ2) is 6.90. The lowest BCUT2D eigenvalue weighted by atomic mass is 9.92. The highest BCUT2D eigenvalue weighted by Crippen LogP contribution is 2.33. The molecule has 0 fully saturated rings. The Morgan fingerprint density at radius 2 is 2.10 bits per heavy atom. The van der Waals surface area contributed by atoms with Gasteiger partial charge < -0.3 is 10.1 Å². The molecule has 0 amide bonds. The largest absolute Gasteiger partial charge is 0.392 e. The number of hydrogen-bond donors (Lipinski definition) is 2. The molecule has 0 bridgehead atoms. The number of allylic oxidation sites excluding steroid dienone is 2. The van der Waals surface area contributed by atoms with Crippen LogP contribution in [0.1, 0.15) is 57.6 Å². The van der Waals surface area contributed by atoms with Crippen LogP contribution >= 0.6 is 0 Å². The summed E-state index contributed by atoms with van der Waals surface area (Å²) in [5.74, 6) is -0.244. The van der Waals surface area contributed by atoms with Gasteiger partial charge in [-0.3, -0.25) is 0 Å². The van der Waals surface area contributed by atoms with Gasteiger partial charge in [0.25, 0.3) is 0 Å². The number of nitrogens with one attached hydrogen (secondary N) is 1. The Morgan fingerprint density at radius 3 is 2.71 bits per heavy atom. The maximum atomic E-state index is 14.6. The molecule has 2 rings (SSSR count). The first-order valence-corrected chi connectivity index (χ1v) is 7.72. The zero-order valence-corrected chi connectivity index (χ0v) is 13.1. The number of H-pyrrole nitrogens is 1. The van der Waals surface area contributed by atoms with Crippen molar-refractivity contribution < 1.29 is 9.50 Å². The number of aliphatic hydroxyl groups is 1. The van der Waals surface area contributed by atoms with Gasteiger partial charge in [0.1, 0.15) is 5.82 Å². The number of halogens is 1. The molecule has 2 aromatic rings. The number of rotatable bonds is 6. The third-order valence-electron chi connectivity index (χ3n) is 4.21. The summed E-state index contributed by atoms with van der Waals surface area (Å²) in [5, 5.41) is 10.2. The average Bonchev–Trinajstić information content (AvgIpc) is 2.96. The van der Waals surface area contributed by atoms with E-state index in [1.54, 1.807) is 6.20 Å². The zero-order chi connectivity index (χ0) is 15.4. The first-order chi connectivity index (χ1) is 10.1. The molecule has 2 N–H and O–H groups in total. The van der Waals surface area contributed by atoms with Crippen molar-refractivity contribution in [2.45, 2.75) is 53.1 Å². The molecule has 0 aliphatic carbocycles. The van der Waals surface area contributed by atoms with Crippen LogP contribution in [0.3, 0.4) is 0 Å². The van der Waals surface area contributed by atoms with Crippen LogP contribution in [0.25, 0.3) is 16.5 Å². The lowest BCUT2D eigenvalue weighted by Gasteiger charge is -2.14. The van der Waals surface area contributed by atoms with Gasteiger partial charge in [-0.2, -0.15) is 0 Å². The molecule has 114 valence electrons. The molecule has 0 radical (unpaired) electrons.